The molecule has 9 heteroatoms. The number of pyridine rings is 1. The van der Waals surface area contributed by atoms with E-state index in [1.807, 2.05) is 30.3 Å². The highest BCUT2D eigenvalue weighted by Gasteiger charge is 2.53. The number of benzene rings is 1. The molecule has 2 fully saturated rings. The molecule has 6 rings (SSSR count). The summed E-state index contributed by atoms with van der Waals surface area (Å²) in [5.41, 5.74) is 1.10. The Morgan fingerprint density at radius 3 is 2.79 bits per heavy atom. The van der Waals surface area contributed by atoms with Gasteiger partial charge in [0.25, 0.3) is 0 Å². The molecule has 0 radical (unpaired) electrons. The Balaban J connectivity index is 1.18. The molecular weight excluding hydrogens is 432 g/mol. The van der Waals surface area contributed by atoms with Gasteiger partial charge in [0.15, 0.2) is 5.65 Å². The van der Waals surface area contributed by atoms with Crippen LogP contribution in [0.2, 0.25) is 0 Å². The predicted octanol–water partition coefficient (Wildman–Crippen LogP) is 2.74. The van der Waals surface area contributed by atoms with E-state index in [9.17, 15) is 14.9 Å². The number of carbonyl (C=O) groups is 2. The average Bonchev–Trinajstić information content (AvgIpc) is 3.40. The number of aromatic amines is 1. The van der Waals surface area contributed by atoms with Crippen molar-refractivity contribution in [3.05, 3.63) is 48.3 Å². The molecule has 0 bridgehead atoms. The lowest BCUT2D eigenvalue weighted by Gasteiger charge is -2.36. The van der Waals surface area contributed by atoms with Crippen molar-refractivity contribution < 1.29 is 14.3 Å². The summed E-state index contributed by atoms with van der Waals surface area (Å²) in [6.45, 7) is -0.0721. The van der Waals surface area contributed by atoms with Gasteiger partial charge in [0.2, 0.25) is 11.8 Å². The summed E-state index contributed by atoms with van der Waals surface area (Å²) in [6, 6.07) is 11.8. The first kappa shape index (κ1) is 20.7. The number of hydrogen-bond donors (Lipinski definition) is 2. The van der Waals surface area contributed by atoms with E-state index in [0.717, 1.165) is 35.1 Å². The van der Waals surface area contributed by atoms with Crippen molar-refractivity contribution in [1.82, 2.24) is 20.5 Å². The van der Waals surface area contributed by atoms with E-state index in [4.69, 9.17) is 4.74 Å². The summed E-state index contributed by atoms with van der Waals surface area (Å²) in [5.74, 6) is 0.363. The second kappa shape index (κ2) is 7.55. The molecule has 172 valence electrons. The fourth-order valence-electron chi connectivity index (χ4n) is 5.35. The van der Waals surface area contributed by atoms with E-state index >= 15 is 0 Å². The van der Waals surface area contributed by atoms with Crippen LogP contribution in [0.15, 0.2) is 42.7 Å². The van der Waals surface area contributed by atoms with Crippen LogP contribution < -0.4 is 15.0 Å². The third-order valence-electron chi connectivity index (χ3n) is 7.36. The number of aromatic nitrogens is 3. The molecule has 2 saturated carbocycles. The summed E-state index contributed by atoms with van der Waals surface area (Å²) < 4.78 is 6.20. The Morgan fingerprint density at radius 2 is 2.03 bits per heavy atom. The van der Waals surface area contributed by atoms with Gasteiger partial charge >= 0.3 is 0 Å². The largest absolute Gasteiger partial charge is 0.489 e. The zero-order chi connectivity index (χ0) is 23.3. The molecule has 2 N–H and O–H groups in total. The van der Waals surface area contributed by atoms with Crippen molar-refractivity contribution in [3.8, 4) is 11.8 Å². The maximum atomic E-state index is 13.7. The van der Waals surface area contributed by atoms with Gasteiger partial charge in [-0.25, -0.2) is 4.98 Å². The van der Waals surface area contributed by atoms with Crippen molar-refractivity contribution in [2.24, 2.45) is 0 Å². The first-order valence-electron chi connectivity index (χ1n) is 11.6. The number of anilines is 1. The predicted molar refractivity (Wildman–Crippen MR) is 123 cm³/mol. The third-order valence-corrected chi connectivity index (χ3v) is 7.36. The number of ether oxygens (including phenoxy) is 1. The maximum absolute atomic E-state index is 13.7. The quantitative estimate of drug-likeness (QED) is 0.608. The lowest BCUT2D eigenvalue weighted by atomic mass is 9.69. The zero-order valence-electron chi connectivity index (χ0n) is 18.6. The normalized spacial score (nSPS) is 24.6. The van der Waals surface area contributed by atoms with Crippen LogP contribution in [0.5, 0.6) is 5.75 Å². The standard InChI is InChI=1S/C25H24N6O3/c26-15-24(9-10-24)29-21(32)14-31-20-4-2-1-3-19(20)25(23(31)33)7-5-17(6-8-25)34-18-11-16-12-28-30-22(16)27-13-18/h1-4,11-13,17H,5-10,14H2,(H,29,32)(H,27,28,30). The van der Waals surface area contributed by atoms with Gasteiger partial charge in [-0.2, -0.15) is 10.4 Å². The molecule has 2 amide bonds. The Bertz CT molecular complexity index is 1330. The molecule has 3 aromatic rings. The summed E-state index contributed by atoms with van der Waals surface area (Å²) in [5, 5.41) is 19.8. The Labute approximate surface area is 196 Å². The summed E-state index contributed by atoms with van der Waals surface area (Å²) in [7, 11) is 0. The molecule has 1 spiro atoms. The van der Waals surface area contributed by atoms with Crippen LogP contribution in [0.1, 0.15) is 44.1 Å². The smallest absolute Gasteiger partial charge is 0.241 e. The second-order valence-corrected chi connectivity index (χ2v) is 9.53. The molecule has 34 heavy (non-hydrogen) atoms. The molecule has 2 aromatic heterocycles. The Kier molecular flexibility index (Phi) is 4.59. The number of H-pyrrole nitrogens is 1. The number of hydrogen-bond acceptors (Lipinski definition) is 6. The van der Waals surface area contributed by atoms with Crippen molar-refractivity contribution in [2.75, 3.05) is 11.4 Å². The minimum Gasteiger partial charge on any atom is -0.489 e. The summed E-state index contributed by atoms with van der Waals surface area (Å²) in [4.78, 5) is 32.3. The minimum absolute atomic E-state index is 0.0144. The molecule has 0 unspecified atom stereocenters. The summed E-state index contributed by atoms with van der Waals surface area (Å²) >= 11 is 0. The lowest BCUT2D eigenvalue weighted by Crippen LogP contribution is -2.48. The van der Waals surface area contributed by atoms with Gasteiger partial charge in [-0.15, -0.1) is 0 Å². The Morgan fingerprint density at radius 1 is 1.24 bits per heavy atom. The second-order valence-electron chi connectivity index (χ2n) is 9.53. The maximum Gasteiger partial charge on any atom is 0.241 e. The van der Waals surface area contributed by atoms with Gasteiger partial charge in [-0.05, 0) is 56.2 Å². The lowest BCUT2D eigenvalue weighted by molar-refractivity contribution is -0.127. The van der Waals surface area contributed by atoms with Crippen molar-refractivity contribution in [1.29, 1.82) is 5.26 Å². The molecule has 0 saturated heterocycles. The molecule has 3 aliphatic rings. The number of para-hydroxylation sites is 1. The van der Waals surface area contributed by atoms with Crippen LogP contribution in [0, 0.1) is 11.3 Å². The van der Waals surface area contributed by atoms with E-state index in [0.29, 0.717) is 31.4 Å². The van der Waals surface area contributed by atoms with Crippen molar-refractivity contribution >= 4 is 28.5 Å². The molecular formula is C25H24N6O3. The molecule has 2 aliphatic carbocycles. The molecule has 3 heterocycles. The highest BCUT2D eigenvalue weighted by atomic mass is 16.5. The number of rotatable bonds is 5. The zero-order valence-corrected chi connectivity index (χ0v) is 18.6. The first-order chi connectivity index (χ1) is 16.5. The molecule has 9 nitrogen and oxygen atoms in total. The van der Waals surface area contributed by atoms with Crippen LogP contribution in [0.4, 0.5) is 5.69 Å². The number of nitrogens with one attached hydrogen (secondary N) is 2. The minimum atomic E-state index is -0.749. The van der Waals surface area contributed by atoms with E-state index in [1.54, 1.807) is 17.3 Å². The molecule has 1 aliphatic heterocycles. The van der Waals surface area contributed by atoms with Crippen LogP contribution in [0.25, 0.3) is 11.0 Å². The van der Waals surface area contributed by atoms with Gasteiger partial charge in [-0.3, -0.25) is 14.7 Å². The van der Waals surface area contributed by atoms with Crippen molar-refractivity contribution in [3.63, 3.8) is 0 Å². The highest BCUT2D eigenvalue weighted by molar-refractivity contribution is 6.10. The highest BCUT2D eigenvalue weighted by Crippen LogP contribution is 2.50. The number of fused-ring (bicyclic) bond motifs is 3. The molecule has 1 aromatic carbocycles. The van der Waals surface area contributed by atoms with Gasteiger partial charge in [0.05, 0.1) is 30.0 Å². The molecule has 0 atom stereocenters. The van der Waals surface area contributed by atoms with E-state index < -0.39 is 11.0 Å². The van der Waals surface area contributed by atoms with E-state index in [-0.39, 0.29) is 24.5 Å². The van der Waals surface area contributed by atoms with Crippen LogP contribution in [0.3, 0.4) is 0 Å². The van der Waals surface area contributed by atoms with Crippen LogP contribution in [-0.4, -0.2) is 45.2 Å². The Hall–Kier alpha value is -3.93. The number of amides is 2. The SMILES string of the molecule is N#CC1(NC(=O)CN2C(=O)C3(CCC(Oc4cnc5[nH]ncc5c4)CC3)c3ccccc32)CC1. The van der Waals surface area contributed by atoms with Gasteiger partial charge in [0.1, 0.15) is 17.8 Å². The summed E-state index contributed by atoms with van der Waals surface area (Å²) in [6.07, 6.45) is 7.45. The third kappa shape index (κ3) is 3.29. The van der Waals surface area contributed by atoms with Gasteiger partial charge in [0, 0.05) is 11.1 Å². The number of nitriles is 1. The van der Waals surface area contributed by atoms with Crippen molar-refractivity contribution in [2.45, 2.75) is 55.6 Å². The first-order valence-corrected chi connectivity index (χ1v) is 11.6. The fraction of sp³-hybridized carbons (Fsp3) is 0.400. The van der Waals surface area contributed by atoms with E-state index in [2.05, 4.69) is 26.6 Å². The number of nitrogens with zero attached hydrogens (tertiary/aromatic N) is 4. The average molecular weight is 457 g/mol. The monoisotopic (exact) mass is 456 g/mol. The van der Waals surface area contributed by atoms with Crippen LogP contribution >= 0.6 is 0 Å². The topological polar surface area (TPSA) is 124 Å². The van der Waals surface area contributed by atoms with Crippen LogP contribution in [-0.2, 0) is 15.0 Å². The van der Waals surface area contributed by atoms with Gasteiger partial charge < -0.3 is 15.0 Å². The van der Waals surface area contributed by atoms with Gasteiger partial charge in [-0.1, -0.05) is 18.2 Å². The number of carbonyl (C=O) groups excluding carboxylic acids is 2. The van der Waals surface area contributed by atoms with E-state index in [1.165, 1.54) is 0 Å². The fourth-order valence-corrected chi connectivity index (χ4v) is 5.35.